The van der Waals surface area contributed by atoms with Crippen molar-refractivity contribution in [1.29, 1.82) is 0 Å². The predicted octanol–water partition coefficient (Wildman–Crippen LogP) is 5.47. The van der Waals surface area contributed by atoms with E-state index in [0.717, 1.165) is 52.0 Å². The molecule has 1 aromatic heterocycles. The summed E-state index contributed by atoms with van der Waals surface area (Å²) in [5.41, 5.74) is 4.29. The van der Waals surface area contributed by atoms with Gasteiger partial charge in [0.2, 0.25) is 5.89 Å². The molecule has 1 aliphatic heterocycles. The van der Waals surface area contributed by atoms with Crippen LogP contribution in [0.3, 0.4) is 0 Å². The molecule has 0 amide bonds. The number of benzene rings is 2. The Bertz CT molecular complexity index is 1010. The van der Waals surface area contributed by atoms with Gasteiger partial charge in [-0.15, -0.1) is 0 Å². The van der Waals surface area contributed by atoms with Crippen LogP contribution < -0.4 is 0 Å². The third kappa shape index (κ3) is 4.57. The van der Waals surface area contributed by atoms with Crippen molar-refractivity contribution in [3.63, 3.8) is 0 Å². The van der Waals surface area contributed by atoms with Crippen LogP contribution in [-0.2, 0) is 17.2 Å². The van der Waals surface area contributed by atoms with Crippen molar-refractivity contribution in [2.24, 2.45) is 0 Å². The molecule has 5 heteroatoms. The summed E-state index contributed by atoms with van der Waals surface area (Å²) in [5, 5.41) is 0. The van der Waals surface area contributed by atoms with Gasteiger partial charge in [-0.25, -0.2) is 4.98 Å². The Morgan fingerprint density at radius 3 is 2.33 bits per heavy atom. The normalized spacial score (nSPS) is 18.0. The SMILES string of the molecule is CC[C@@H]1CCCN1CCc1nc(-c2ccc(-c3ccc(S(C)=O)cc3)cc2)oc1C. The molecule has 0 aliphatic carbocycles. The first-order chi connectivity index (χ1) is 14.5. The Hall–Kier alpha value is -2.24. The second-order valence-electron chi connectivity index (χ2n) is 8.07. The summed E-state index contributed by atoms with van der Waals surface area (Å²) in [4.78, 5) is 8.24. The summed E-state index contributed by atoms with van der Waals surface area (Å²) in [6.45, 7) is 6.56. The number of hydrogen-bond acceptors (Lipinski definition) is 4. The average molecular weight is 423 g/mol. The van der Waals surface area contributed by atoms with Crippen LogP contribution in [0.15, 0.2) is 57.8 Å². The Balaban J connectivity index is 1.45. The minimum absolute atomic E-state index is 0.694. The van der Waals surface area contributed by atoms with Crippen molar-refractivity contribution in [3.05, 3.63) is 60.0 Å². The Morgan fingerprint density at radius 2 is 1.70 bits per heavy atom. The Labute approximate surface area is 181 Å². The summed E-state index contributed by atoms with van der Waals surface area (Å²) in [5.74, 6) is 1.61. The second kappa shape index (κ2) is 9.27. The van der Waals surface area contributed by atoms with Gasteiger partial charge in [0, 0.05) is 46.5 Å². The molecule has 1 saturated heterocycles. The largest absolute Gasteiger partial charge is 0.441 e. The quantitative estimate of drug-likeness (QED) is 0.506. The standard InChI is InChI=1S/C25H30N2O2S/c1-4-22-6-5-16-27(22)17-15-24-18(2)29-25(26-24)21-9-7-19(8-10-21)20-11-13-23(14-12-20)30(3)28/h7-14,22H,4-6,15-17H2,1-3H3/t22-,30?/m1/s1. The molecule has 2 atom stereocenters. The molecule has 0 radical (unpaired) electrons. The smallest absolute Gasteiger partial charge is 0.226 e. The van der Waals surface area contributed by atoms with Crippen molar-refractivity contribution in [2.45, 2.75) is 50.5 Å². The van der Waals surface area contributed by atoms with Crippen LogP contribution in [0, 0.1) is 6.92 Å². The van der Waals surface area contributed by atoms with E-state index < -0.39 is 10.8 Å². The molecule has 0 N–H and O–H groups in total. The highest BCUT2D eigenvalue weighted by molar-refractivity contribution is 7.84. The van der Waals surface area contributed by atoms with E-state index in [4.69, 9.17) is 9.40 Å². The number of hydrogen-bond donors (Lipinski definition) is 0. The highest BCUT2D eigenvalue weighted by Gasteiger charge is 2.23. The van der Waals surface area contributed by atoms with Crippen molar-refractivity contribution < 1.29 is 8.63 Å². The second-order valence-corrected chi connectivity index (χ2v) is 9.45. The maximum Gasteiger partial charge on any atom is 0.226 e. The van der Waals surface area contributed by atoms with E-state index in [1.807, 2.05) is 31.2 Å². The van der Waals surface area contributed by atoms with Gasteiger partial charge in [0.25, 0.3) is 0 Å². The number of oxazole rings is 1. The number of likely N-dealkylation sites (tertiary alicyclic amines) is 1. The van der Waals surface area contributed by atoms with Gasteiger partial charge in [-0.1, -0.05) is 31.2 Å². The van der Waals surface area contributed by atoms with E-state index >= 15 is 0 Å². The first-order valence-corrected chi connectivity index (χ1v) is 12.4. The highest BCUT2D eigenvalue weighted by Crippen LogP contribution is 2.27. The van der Waals surface area contributed by atoms with Gasteiger partial charge in [-0.3, -0.25) is 4.21 Å². The van der Waals surface area contributed by atoms with E-state index in [1.165, 1.54) is 25.8 Å². The van der Waals surface area contributed by atoms with E-state index in [9.17, 15) is 4.21 Å². The fraction of sp³-hybridized carbons (Fsp3) is 0.400. The van der Waals surface area contributed by atoms with Gasteiger partial charge in [0.1, 0.15) is 5.76 Å². The van der Waals surface area contributed by atoms with Crippen LogP contribution in [-0.4, -0.2) is 39.5 Å². The summed E-state index contributed by atoms with van der Waals surface area (Å²) >= 11 is 0. The molecular weight excluding hydrogens is 392 g/mol. The first kappa shape index (κ1) is 21.0. The summed E-state index contributed by atoms with van der Waals surface area (Å²) in [6.07, 6.45) is 6.50. The fourth-order valence-electron chi connectivity index (χ4n) is 4.33. The minimum Gasteiger partial charge on any atom is -0.441 e. The molecule has 0 spiro atoms. The predicted molar refractivity (Wildman–Crippen MR) is 123 cm³/mol. The topological polar surface area (TPSA) is 46.3 Å². The maximum atomic E-state index is 11.6. The van der Waals surface area contributed by atoms with Gasteiger partial charge < -0.3 is 9.32 Å². The molecule has 4 nitrogen and oxygen atoms in total. The number of aryl methyl sites for hydroxylation is 1. The van der Waals surface area contributed by atoms with Gasteiger partial charge in [-0.05, 0) is 68.1 Å². The first-order valence-electron chi connectivity index (χ1n) is 10.8. The van der Waals surface area contributed by atoms with Crippen LogP contribution >= 0.6 is 0 Å². The molecule has 3 aromatic rings. The lowest BCUT2D eigenvalue weighted by molar-refractivity contribution is 0.250. The van der Waals surface area contributed by atoms with Crippen LogP contribution in [0.5, 0.6) is 0 Å². The monoisotopic (exact) mass is 422 g/mol. The molecular formula is C25H30N2O2S. The molecule has 1 fully saturated rings. The molecule has 2 aromatic carbocycles. The molecule has 2 heterocycles. The number of aromatic nitrogens is 1. The van der Waals surface area contributed by atoms with Crippen LogP contribution in [0.1, 0.15) is 37.6 Å². The van der Waals surface area contributed by atoms with E-state index in [0.29, 0.717) is 5.89 Å². The summed E-state index contributed by atoms with van der Waals surface area (Å²) < 4.78 is 17.6. The van der Waals surface area contributed by atoms with Crippen molar-refractivity contribution in [1.82, 2.24) is 9.88 Å². The molecule has 1 unspecified atom stereocenters. The zero-order valence-corrected chi connectivity index (χ0v) is 18.9. The zero-order chi connectivity index (χ0) is 21.1. The third-order valence-corrected chi connectivity index (χ3v) is 7.09. The lowest BCUT2D eigenvalue weighted by Gasteiger charge is -2.22. The molecule has 30 heavy (non-hydrogen) atoms. The minimum atomic E-state index is -0.952. The fourth-order valence-corrected chi connectivity index (χ4v) is 4.85. The Kier molecular flexibility index (Phi) is 6.49. The lowest BCUT2D eigenvalue weighted by atomic mass is 10.0. The van der Waals surface area contributed by atoms with Crippen molar-refractivity contribution in [3.8, 4) is 22.6 Å². The van der Waals surface area contributed by atoms with Crippen molar-refractivity contribution >= 4 is 10.8 Å². The molecule has 0 bridgehead atoms. The molecule has 4 rings (SSSR count). The van der Waals surface area contributed by atoms with Gasteiger partial charge >= 0.3 is 0 Å². The van der Waals surface area contributed by atoms with Crippen molar-refractivity contribution in [2.75, 3.05) is 19.3 Å². The highest BCUT2D eigenvalue weighted by atomic mass is 32.2. The van der Waals surface area contributed by atoms with Crippen LogP contribution in [0.2, 0.25) is 0 Å². The summed E-state index contributed by atoms with van der Waals surface area (Å²) in [7, 11) is -0.952. The van der Waals surface area contributed by atoms with E-state index in [2.05, 4.69) is 36.1 Å². The number of nitrogens with zero attached hydrogens (tertiary/aromatic N) is 2. The molecule has 1 aliphatic rings. The average Bonchev–Trinajstić information content (AvgIpc) is 3.38. The third-order valence-electron chi connectivity index (χ3n) is 6.15. The van der Waals surface area contributed by atoms with Crippen LogP contribution in [0.25, 0.3) is 22.6 Å². The van der Waals surface area contributed by atoms with E-state index in [1.54, 1.807) is 6.26 Å². The Morgan fingerprint density at radius 1 is 1.07 bits per heavy atom. The zero-order valence-electron chi connectivity index (χ0n) is 18.1. The maximum absolute atomic E-state index is 11.6. The van der Waals surface area contributed by atoms with Gasteiger partial charge in [-0.2, -0.15) is 0 Å². The molecule has 0 saturated carbocycles. The lowest BCUT2D eigenvalue weighted by Crippen LogP contribution is -2.30. The summed E-state index contributed by atoms with van der Waals surface area (Å²) in [6, 6.07) is 16.9. The van der Waals surface area contributed by atoms with E-state index in [-0.39, 0.29) is 0 Å². The van der Waals surface area contributed by atoms with Gasteiger partial charge in [0.05, 0.1) is 5.69 Å². The van der Waals surface area contributed by atoms with Crippen LogP contribution in [0.4, 0.5) is 0 Å². The molecule has 158 valence electrons. The van der Waals surface area contributed by atoms with Gasteiger partial charge in [0.15, 0.2) is 0 Å². The number of rotatable bonds is 7.